The molecule has 0 radical (unpaired) electrons. The molecule has 0 aliphatic carbocycles. The highest BCUT2D eigenvalue weighted by molar-refractivity contribution is 5.24. The van der Waals surface area contributed by atoms with Gasteiger partial charge < -0.3 is 5.32 Å². The van der Waals surface area contributed by atoms with Crippen molar-refractivity contribution in [2.75, 3.05) is 0 Å². The van der Waals surface area contributed by atoms with Crippen LogP contribution in [0.1, 0.15) is 37.1 Å². The second kappa shape index (κ2) is 6.09. The van der Waals surface area contributed by atoms with Crippen molar-refractivity contribution in [2.24, 2.45) is 0 Å². The van der Waals surface area contributed by atoms with Gasteiger partial charge in [-0.2, -0.15) is 0 Å². The molecule has 0 aromatic heterocycles. The molecule has 2 rings (SSSR count). The van der Waals surface area contributed by atoms with Gasteiger partial charge in [0, 0.05) is 17.6 Å². The quantitative estimate of drug-likeness (QED) is 0.868. The minimum atomic E-state index is -0.478. The molecule has 0 heterocycles. The van der Waals surface area contributed by atoms with E-state index in [-0.39, 0.29) is 23.5 Å². The molecule has 0 amide bonds. The molecule has 20 heavy (non-hydrogen) atoms. The molecule has 106 valence electrons. The highest BCUT2D eigenvalue weighted by atomic mass is 19.1. The van der Waals surface area contributed by atoms with Gasteiger partial charge in [-0.25, -0.2) is 13.2 Å². The Morgan fingerprint density at radius 2 is 1.55 bits per heavy atom. The number of nitrogens with one attached hydrogen (secondary N) is 1. The van der Waals surface area contributed by atoms with Gasteiger partial charge in [0.2, 0.25) is 0 Å². The fraction of sp³-hybridized carbons (Fsp3) is 0.250. The van der Waals surface area contributed by atoms with Gasteiger partial charge >= 0.3 is 0 Å². The van der Waals surface area contributed by atoms with E-state index >= 15 is 0 Å². The van der Waals surface area contributed by atoms with Gasteiger partial charge in [0.1, 0.15) is 17.5 Å². The largest absolute Gasteiger partial charge is 0.304 e. The summed E-state index contributed by atoms with van der Waals surface area (Å²) in [6.45, 7) is 3.59. The van der Waals surface area contributed by atoms with E-state index in [9.17, 15) is 13.2 Å². The first-order chi connectivity index (χ1) is 9.47. The van der Waals surface area contributed by atoms with E-state index in [1.165, 1.54) is 18.2 Å². The van der Waals surface area contributed by atoms with Gasteiger partial charge in [0.25, 0.3) is 0 Å². The Bertz CT molecular complexity index is 598. The molecular weight excluding hydrogens is 263 g/mol. The molecule has 0 saturated carbocycles. The van der Waals surface area contributed by atoms with Crippen LogP contribution in [0, 0.1) is 17.5 Å². The van der Waals surface area contributed by atoms with Crippen molar-refractivity contribution in [1.29, 1.82) is 0 Å². The third-order valence-electron chi connectivity index (χ3n) is 3.27. The zero-order valence-electron chi connectivity index (χ0n) is 11.3. The summed E-state index contributed by atoms with van der Waals surface area (Å²) in [7, 11) is 0. The Morgan fingerprint density at radius 1 is 0.850 bits per heavy atom. The normalized spacial score (nSPS) is 14.1. The lowest BCUT2D eigenvalue weighted by atomic mass is 10.0. The van der Waals surface area contributed by atoms with Crippen LogP contribution in [-0.4, -0.2) is 0 Å². The lowest BCUT2D eigenvalue weighted by Crippen LogP contribution is -2.23. The lowest BCUT2D eigenvalue weighted by Gasteiger charge is -2.21. The molecule has 0 bridgehead atoms. The Kier molecular flexibility index (Phi) is 4.45. The van der Waals surface area contributed by atoms with E-state index in [1.807, 2.05) is 6.92 Å². The predicted octanol–water partition coefficient (Wildman–Crippen LogP) is 4.52. The van der Waals surface area contributed by atoms with Gasteiger partial charge in [-0.05, 0) is 49.7 Å². The van der Waals surface area contributed by atoms with Crippen LogP contribution in [-0.2, 0) is 0 Å². The second-order valence-corrected chi connectivity index (χ2v) is 4.83. The average Bonchev–Trinajstić information content (AvgIpc) is 2.41. The van der Waals surface area contributed by atoms with Crippen molar-refractivity contribution in [3.8, 4) is 0 Å². The predicted molar refractivity (Wildman–Crippen MR) is 72.7 cm³/mol. The summed E-state index contributed by atoms with van der Waals surface area (Å²) in [5.74, 6) is -1.26. The highest BCUT2D eigenvalue weighted by Gasteiger charge is 2.15. The van der Waals surface area contributed by atoms with Crippen LogP contribution in [0.4, 0.5) is 13.2 Å². The Labute approximate surface area is 116 Å². The molecule has 1 N–H and O–H groups in total. The smallest absolute Gasteiger partial charge is 0.128 e. The molecule has 0 aliphatic heterocycles. The number of halogens is 3. The van der Waals surface area contributed by atoms with Crippen molar-refractivity contribution in [1.82, 2.24) is 5.32 Å². The first-order valence-corrected chi connectivity index (χ1v) is 6.44. The molecule has 2 atom stereocenters. The maximum atomic E-state index is 13.7. The maximum Gasteiger partial charge on any atom is 0.128 e. The van der Waals surface area contributed by atoms with E-state index in [0.29, 0.717) is 0 Å². The third kappa shape index (κ3) is 3.39. The van der Waals surface area contributed by atoms with Crippen LogP contribution in [0.3, 0.4) is 0 Å². The van der Waals surface area contributed by atoms with Gasteiger partial charge in [0.15, 0.2) is 0 Å². The molecule has 2 aromatic rings. The molecule has 2 aromatic carbocycles. The first-order valence-electron chi connectivity index (χ1n) is 6.44. The third-order valence-corrected chi connectivity index (χ3v) is 3.27. The minimum absolute atomic E-state index is 0.177. The highest BCUT2D eigenvalue weighted by Crippen LogP contribution is 2.22. The standard InChI is InChI=1S/C16H16F3N/c1-10(12-4-3-5-13(17)8-12)20-11(2)15-9-14(18)6-7-16(15)19/h3-11,20H,1-2H3. The van der Waals surface area contributed by atoms with Gasteiger partial charge in [0.05, 0.1) is 0 Å². The summed E-state index contributed by atoms with van der Waals surface area (Å²) in [5.41, 5.74) is 1.02. The molecule has 4 heteroatoms. The van der Waals surface area contributed by atoms with Crippen LogP contribution in [0.2, 0.25) is 0 Å². The van der Waals surface area contributed by atoms with Crippen molar-refractivity contribution < 1.29 is 13.2 Å². The molecular formula is C16H16F3N. The molecule has 0 spiro atoms. The van der Waals surface area contributed by atoms with E-state index < -0.39 is 11.6 Å². The molecule has 0 saturated heterocycles. The van der Waals surface area contributed by atoms with Crippen LogP contribution in [0.15, 0.2) is 42.5 Å². The van der Waals surface area contributed by atoms with Crippen molar-refractivity contribution in [3.05, 3.63) is 71.0 Å². The molecule has 0 aliphatic rings. The van der Waals surface area contributed by atoms with Crippen LogP contribution in [0.25, 0.3) is 0 Å². The van der Waals surface area contributed by atoms with E-state index in [2.05, 4.69) is 5.32 Å². The Morgan fingerprint density at radius 3 is 2.25 bits per heavy atom. The van der Waals surface area contributed by atoms with Gasteiger partial charge in [-0.3, -0.25) is 0 Å². The fourth-order valence-electron chi connectivity index (χ4n) is 2.18. The van der Waals surface area contributed by atoms with Gasteiger partial charge in [-0.15, -0.1) is 0 Å². The monoisotopic (exact) mass is 279 g/mol. The molecule has 2 unspecified atom stereocenters. The number of rotatable bonds is 4. The lowest BCUT2D eigenvalue weighted by molar-refractivity contribution is 0.468. The number of hydrogen-bond acceptors (Lipinski definition) is 1. The van der Waals surface area contributed by atoms with Crippen LogP contribution >= 0.6 is 0 Å². The zero-order chi connectivity index (χ0) is 14.7. The van der Waals surface area contributed by atoms with Crippen molar-refractivity contribution >= 4 is 0 Å². The summed E-state index contributed by atoms with van der Waals surface area (Å²) in [5, 5.41) is 3.13. The zero-order valence-corrected chi connectivity index (χ0v) is 11.3. The number of hydrogen-bond donors (Lipinski definition) is 1. The summed E-state index contributed by atoms with van der Waals surface area (Å²) in [6.07, 6.45) is 0. The van der Waals surface area contributed by atoms with E-state index in [0.717, 1.165) is 17.7 Å². The Balaban J connectivity index is 2.15. The molecule has 0 fully saturated rings. The van der Waals surface area contributed by atoms with Crippen LogP contribution < -0.4 is 5.32 Å². The SMILES string of the molecule is CC(NC(C)c1cc(F)ccc1F)c1cccc(F)c1. The summed E-state index contributed by atoms with van der Waals surface area (Å²) in [4.78, 5) is 0. The average molecular weight is 279 g/mol. The van der Waals surface area contributed by atoms with Gasteiger partial charge in [-0.1, -0.05) is 12.1 Å². The summed E-state index contributed by atoms with van der Waals surface area (Å²) >= 11 is 0. The molecule has 1 nitrogen and oxygen atoms in total. The van der Waals surface area contributed by atoms with Crippen molar-refractivity contribution in [2.45, 2.75) is 25.9 Å². The second-order valence-electron chi connectivity index (χ2n) is 4.83. The summed E-state index contributed by atoms with van der Waals surface area (Å²) in [6, 6.07) is 9.00. The topological polar surface area (TPSA) is 12.0 Å². The Hall–Kier alpha value is -1.81. The first kappa shape index (κ1) is 14.6. The van der Waals surface area contributed by atoms with Crippen molar-refractivity contribution in [3.63, 3.8) is 0 Å². The van der Waals surface area contributed by atoms with E-state index in [1.54, 1.807) is 19.1 Å². The number of benzene rings is 2. The maximum absolute atomic E-state index is 13.7. The van der Waals surface area contributed by atoms with E-state index in [4.69, 9.17) is 0 Å². The summed E-state index contributed by atoms with van der Waals surface area (Å²) < 4.78 is 40.0. The minimum Gasteiger partial charge on any atom is -0.304 e. The fourth-order valence-corrected chi connectivity index (χ4v) is 2.18. The van der Waals surface area contributed by atoms with Crippen LogP contribution in [0.5, 0.6) is 0 Å².